The number of rotatable bonds is 16. The lowest BCUT2D eigenvalue weighted by Crippen LogP contribution is -2.40. The number of Topliss-reactive ketones (excluding diaryl/α,β-unsaturated/α-hetero) is 2. The molecule has 0 spiro atoms. The van der Waals surface area contributed by atoms with Crippen LogP contribution in [0.5, 0.6) is 34.8 Å². The first-order valence-electron chi connectivity index (χ1n) is 18.8. The number of hydrogen-bond donors (Lipinski definition) is 1. The molecule has 1 aliphatic rings. The Morgan fingerprint density at radius 3 is 1.93 bits per heavy atom. The SMILES string of the molecule is CCOc1ccc(C(=O)CC)c(Oc2ccc(-n3ncc(NCC4(F)CCCOC4)c(Cl)c3=O)cn2)c1.CCOc1ccc(C(=O)CC)c(Oc2ccc(Br)cn2)c1. The number of ether oxygens (including phenoxy) is 5. The third-order valence-corrected chi connectivity index (χ3v) is 9.49. The zero-order chi connectivity index (χ0) is 41.7. The number of pyridine rings is 2. The van der Waals surface area contributed by atoms with Gasteiger partial charge in [0.2, 0.25) is 11.8 Å². The van der Waals surface area contributed by atoms with Crippen molar-refractivity contribution in [3.63, 3.8) is 0 Å². The van der Waals surface area contributed by atoms with Crippen LogP contribution in [0.25, 0.3) is 5.69 Å². The fraction of sp³-hybridized carbons (Fsp3) is 0.333. The van der Waals surface area contributed by atoms with Crippen LogP contribution in [0.1, 0.15) is 74.1 Å². The summed E-state index contributed by atoms with van der Waals surface area (Å²) in [5.74, 6) is 2.59. The number of aromatic nitrogens is 4. The van der Waals surface area contributed by atoms with Crippen LogP contribution in [0.3, 0.4) is 0 Å². The van der Waals surface area contributed by atoms with Crippen molar-refractivity contribution in [2.75, 3.05) is 38.3 Å². The van der Waals surface area contributed by atoms with E-state index in [0.717, 1.165) is 9.15 Å². The molecule has 0 radical (unpaired) electrons. The number of carbonyl (C=O) groups excluding carboxylic acids is 2. The van der Waals surface area contributed by atoms with Gasteiger partial charge in [0, 0.05) is 54.4 Å². The van der Waals surface area contributed by atoms with Crippen molar-refractivity contribution >= 4 is 44.8 Å². The molecule has 1 aliphatic heterocycles. The molecule has 4 heterocycles. The fourth-order valence-corrected chi connectivity index (χ4v) is 6.12. The summed E-state index contributed by atoms with van der Waals surface area (Å²) in [6.45, 7) is 8.87. The van der Waals surface area contributed by atoms with Crippen molar-refractivity contribution in [1.29, 1.82) is 0 Å². The molecule has 13 nitrogen and oxygen atoms in total. The first kappa shape index (κ1) is 43.7. The molecule has 1 saturated heterocycles. The van der Waals surface area contributed by atoms with E-state index in [1.165, 1.54) is 12.4 Å². The lowest BCUT2D eigenvalue weighted by atomic mass is 9.99. The van der Waals surface area contributed by atoms with E-state index >= 15 is 0 Å². The molecular weight excluding hydrogens is 837 g/mol. The van der Waals surface area contributed by atoms with Gasteiger partial charge in [-0.15, -0.1) is 0 Å². The third kappa shape index (κ3) is 11.6. The first-order valence-corrected chi connectivity index (χ1v) is 20.0. The van der Waals surface area contributed by atoms with Crippen molar-refractivity contribution in [2.45, 2.75) is 59.0 Å². The molecule has 0 amide bonds. The van der Waals surface area contributed by atoms with Crippen LogP contribution in [0.2, 0.25) is 5.02 Å². The molecule has 1 unspecified atom stereocenters. The van der Waals surface area contributed by atoms with Gasteiger partial charge in [0.1, 0.15) is 28.0 Å². The van der Waals surface area contributed by atoms with Gasteiger partial charge >= 0.3 is 0 Å². The molecule has 5 aromatic rings. The Morgan fingerprint density at radius 2 is 1.45 bits per heavy atom. The van der Waals surface area contributed by atoms with Crippen molar-refractivity contribution < 1.29 is 37.7 Å². The number of anilines is 1. The predicted octanol–water partition coefficient (Wildman–Crippen LogP) is 9.62. The Balaban J connectivity index is 0.000000258. The number of alkyl halides is 1. The molecular formula is C42H44BrClFN5O8. The standard InChI is InChI=1S/C26H28ClFN4O5.C16H16BrNO3/c1-3-21(33)19-8-7-18(36-4-2)12-22(19)37-23-9-6-17(13-29-23)32-25(34)24(27)20(14-31-32)30-15-26(28)10-5-11-35-16-26;1-3-14(19)13-7-6-12(20-4-2)9-15(13)21-16-8-5-11(17)10-18-16/h6-9,12-14,30H,3-5,10-11,15-16H2,1-2H3;5-10H,3-4H2,1-2H3. The van der Waals surface area contributed by atoms with Crippen LogP contribution in [0, 0.1) is 0 Å². The monoisotopic (exact) mass is 879 g/mol. The normalized spacial score (nSPS) is 14.7. The molecule has 306 valence electrons. The number of hydrogen-bond acceptors (Lipinski definition) is 12. The van der Waals surface area contributed by atoms with Gasteiger partial charge in [0.25, 0.3) is 5.56 Å². The number of nitrogens with one attached hydrogen (secondary N) is 1. The van der Waals surface area contributed by atoms with Crippen LogP contribution in [-0.4, -0.2) is 70.0 Å². The maximum atomic E-state index is 14.8. The van der Waals surface area contributed by atoms with Crippen molar-refractivity contribution in [2.24, 2.45) is 0 Å². The lowest BCUT2D eigenvalue weighted by Gasteiger charge is -2.29. The van der Waals surface area contributed by atoms with E-state index in [0.29, 0.717) is 91.2 Å². The molecule has 3 aromatic heterocycles. The second-order valence-electron chi connectivity index (χ2n) is 12.9. The second-order valence-corrected chi connectivity index (χ2v) is 14.2. The summed E-state index contributed by atoms with van der Waals surface area (Å²) in [5.41, 5.74) is -0.581. The van der Waals surface area contributed by atoms with E-state index in [9.17, 15) is 18.8 Å². The largest absolute Gasteiger partial charge is 0.494 e. The smallest absolute Gasteiger partial charge is 0.292 e. The topological polar surface area (TPSA) is 153 Å². The van der Waals surface area contributed by atoms with E-state index in [2.05, 4.69) is 36.3 Å². The second kappa shape index (κ2) is 20.9. The van der Waals surface area contributed by atoms with E-state index in [1.807, 2.05) is 26.8 Å². The summed E-state index contributed by atoms with van der Waals surface area (Å²) in [6.07, 6.45) is 6.14. The van der Waals surface area contributed by atoms with Gasteiger partial charge in [0.05, 0.1) is 61.3 Å². The highest BCUT2D eigenvalue weighted by Gasteiger charge is 2.33. The molecule has 0 aliphatic carbocycles. The predicted molar refractivity (Wildman–Crippen MR) is 222 cm³/mol. The molecule has 1 fully saturated rings. The summed E-state index contributed by atoms with van der Waals surface area (Å²) >= 11 is 9.59. The molecule has 16 heteroatoms. The van der Waals surface area contributed by atoms with Gasteiger partial charge in [-0.3, -0.25) is 14.4 Å². The zero-order valence-electron chi connectivity index (χ0n) is 32.6. The minimum absolute atomic E-state index is 0.00772. The highest BCUT2D eigenvalue weighted by atomic mass is 79.9. The number of nitrogens with zero attached hydrogens (tertiary/aromatic N) is 4. The molecule has 0 saturated carbocycles. The van der Waals surface area contributed by atoms with Crippen molar-refractivity contribution in [1.82, 2.24) is 19.7 Å². The zero-order valence-corrected chi connectivity index (χ0v) is 34.9. The quantitative estimate of drug-likeness (QED) is 0.0940. The molecule has 1 atom stereocenters. The van der Waals surface area contributed by atoms with E-state index < -0.39 is 11.2 Å². The highest BCUT2D eigenvalue weighted by molar-refractivity contribution is 9.10. The van der Waals surface area contributed by atoms with Gasteiger partial charge in [-0.25, -0.2) is 14.4 Å². The molecule has 6 rings (SSSR count). The van der Waals surface area contributed by atoms with E-state index in [4.69, 9.17) is 35.3 Å². The summed E-state index contributed by atoms with van der Waals surface area (Å²) in [4.78, 5) is 45.6. The van der Waals surface area contributed by atoms with Crippen molar-refractivity contribution in [3.8, 4) is 40.4 Å². The van der Waals surface area contributed by atoms with Crippen LogP contribution >= 0.6 is 27.5 Å². The third-order valence-electron chi connectivity index (χ3n) is 8.65. The Labute approximate surface area is 348 Å². The van der Waals surface area contributed by atoms with Gasteiger partial charge in [-0.1, -0.05) is 25.4 Å². The Bertz CT molecular complexity index is 2240. The van der Waals surface area contributed by atoms with E-state index in [-0.39, 0.29) is 41.3 Å². The van der Waals surface area contributed by atoms with Crippen molar-refractivity contribution in [3.05, 3.63) is 110 Å². The number of ketones is 2. The Morgan fingerprint density at radius 1 is 0.862 bits per heavy atom. The van der Waals surface area contributed by atoms with E-state index in [1.54, 1.807) is 67.7 Å². The number of carbonyl (C=O) groups is 2. The minimum Gasteiger partial charge on any atom is -0.494 e. The maximum absolute atomic E-state index is 14.8. The molecule has 1 N–H and O–H groups in total. The highest BCUT2D eigenvalue weighted by Crippen LogP contribution is 2.32. The average Bonchev–Trinajstić information content (AvgIpc) is 3.23. The molecule has 0 bridgehead atoms. The number of halogens is 3. The minimum atomic E-state index is -1.53. The van der Waals surface area contributed by atoms with Crippen LogP contribution in [-0.2, 0) is 4.74 Å². The van der Waals surface area contributed by atoms with Gasteiger partial charge < -0.3 is 29.0 Å². The Kier molecular flexibility index (Phi) is 15.7. The average molecular weight is 881 g/mol. The van der Waals surface area contributed by atoms with Crippen LogP contribution in [0.4, 0.5) is 10.1 Å². The summed E-state index contributed by atoms with van der Waals surface area (Å²) < 4.78 is 44.6. The fourth-order valence-electron chi connectivity index (χ4n) is 5.69. The Hall–Kier alpha value is -5.38. The molecule has 58 heavy (non-hydrogen) atoms. The number of benzene rings is 2. The summed E-state index contributed by atoms with van der Waals surface area (Å²) in [6, 6.07) is 16.9. The van der Waals surface area contributed by atoms with Gasteiger partial charge in [0.15, 0.2) is 17.2 Å². The first-order chi connectivity index (χ1) is 28.0. The summed E-state index contributed by atoms with van der Waals surface area (Å²) in [5, 5.41) is 6.91. The van der Waals surface area contributed by atoms with Crippen LogP contribution in [0.15, 0.2) is 88.5 Å². The summed E-state index contributed by atoms with van der Waals surface area (Å²) in [7, 11) is 0. The molecule has 2 aromatic carbocycles. The van der Waals surface area contributed by atoms with Gasteiger partial charge in [-0.05, 0) is 79.0 Å². The van der Waals surface area contributed by atoms with Gasteiger partial charge in [-0.2, -0.15) is 9.78 Å². The van der Waals surface area contributed by atoms with Crippen LogP contribution < -0.4 is 29.8 Å². The lowest BCUT2D eigenvalue weighted by molar-refractivity contribution is -0.0234. The maximum Gasteiger partial charge on any atom is 0.292 e.